The first kappa shape index (κ1) is 27.2. The second kappa shape index (κ2) is 13.1. The summed E-state index contributed by atoms with van der Waals surface area (Å²) in [6.45, 7) is 4.81. The van der Waals surface area contributed by atoms with Gasteiger partial charge in [0.25, 0.3) is 0 Å². The molecule has 0 saturated carbocycles. The number of unbranched alkanes of at least 4 members (excludes halogenated alkanes) is 4. The van der Waals surface area contributed by atoms with Gasteiger partial charge in [-0.3, -0.25) is 0 Å². The van der Waals surface area contributed by atoms with Crippen LogP contribution in [0, 0.1) is 23.4 Å². The number of rotatable bonds is 10. The van der Waals surface area contributed by atoms with Crippen molar-refractivity contribution in [2.24, 2.45) is 5.92 Å². The lowest BCUT2D eigenvalue weighted by molar-refractivity contribution is -0.00538. The molecule has 2 atom stereocenters. The van der Waals surface area contributed by atoms with E-state index in [1.165, 1.54) is 6.42 Å². The van der Waals surface area contributed by atoms with Crippen molar-refractivity contribution in [1.82, 2.24) is 0 Å². The van der Waals surface area contributed by atoms with Gasteiger partial charge in [0.2, 0.25) is 0 Å². The molecule has 4 heteroatoms. The summed E-state index contributed by atoms with van der Waals surface area (Å²) >= 11 is 0. The van der Waals surface area contributed by atoms with Crippen molar-refractivity contribution < 1.29 is 17.9 Å². The molecule has 3 aromatic rings. The van der Waals surface area contributed by atoms with E-state index in [1.54, 1.807) is 48.5 Å². The fourth-order valence-electron chi connectivity index (χ4n) is 5.18. The molecule has 0 aromatic heterocycles. The Morgan fingerprint density at radius 3 is 2.16 bits per heavy atom. The quantitative estimate of drug-likeness (QED) is 0.196. The Morgan fingerprint density at radius 1 is 0.811 bits per heavy atom. The topological polar surface area (TPSA) is 9.23 Å². The van der Waals surface area contributed by atoms with E-state index in [0.717, 1.165) is 44.1 Å². The van der Waals surface area contributed by atoms with Crippen LogP contribution in [-0.2, 0) is 11.2 Å². The maximum Gasteiger partial charge on any atom is 0.166 e. The van der Waals surface area contributed by atoms with Gasteiger partial charge in [-0.15, -0.1) is 0 Å². The Balaban J connectivity index is 1.44. The van der Waals surface area contributed by atoms with Gasteiger partial charge in [-0.25, -0.2) is 13.2 Å². The van der Waals surface area contributed by atoms with E-state index in [1.807, 2.05) is 19.1 Å². The Hall–Kier alpha value is -2.85. The van der Waals surface area contributed by atoms with Crippen molar-refractivity contribution in [2.45, 2.75) is 71.3 Å². The van der Waals surface area contributed by atoms with Gasteiger partial charge in [0, 0.05) is 17.0 Å². The maximum atomic E-state index is 15.1. The minimum atomic E-state index is -0.821. The zero-order valence-electron chi connectivity index (χ0n) is 21.9. The summed E-state index contributed by atoms with van der Waals surface area (Å²) in [5.41, 5.74) is 3.23. The molecule has 0 bridgehead atoms. The third-order valence-corrected chi connectivity index (χ3v) is 7.36. The molecule has 37 heavy (non-hydrogen) atoms. The van der Waals surface area contributed by atoms with Crippen molar-refractivity contribution in [1.29, 1.82) is 0 Å². The number of benzene rings is 3. The second-order valence-corrected chi connectivity index (χ2v) is 10.1. The Bertz CT molecular complexity index is 1190. The van der Waals surface area contributed by atoms with Crippen LogP contribution in [-0.4, -0.2) is 6.61 Å². The number of halogens is 3. The van der Waals surface area contributed by atoms with E-state index in [0.29, 0.717) is 41.2 Å². The fraction of sp³-hybridized carbons (Fsp3) is 0.394. The van der Waals surface area contributed by atoms with Crippen LogP contribution in [0.4, 0.5) is 13.2 Å². The molecule has 1 aliphatic rings. The monoisotopic (exact) mass is 506 g/mol. The zero-order valence-corrected chi connectivity index (χ0v) is 21.9. The molecular formula is C33H37F3O. The smallest absolute Gasteiger partial charge is 0.166 e. The van der Waals surface area contributed by atoms with Crippen LogP contribution < -0.4 is 0 Å². The first-order valence-corrected chi connectivity index (χ1v) is 13.6. The molecular weight excluding hydrogens is 469 g/mol. The third-order valence-electron chi connectivity index (χ3n) is 7.36. The molecule has 1 heterocycles. The summed E-state index contributed by atoms with van der Waals surface area (Å²) in [4.78, 5) is 0. The summed E-state index contributed by atoms with van der Waals surface area (Å²) in [5.74, 6) is -1.47. The van der Waals surface area contributed by atoms with Gasteiger partial charge in [-0.1, -0.05) is 93.3 Å². The third kappa shape index (κ3) is 6.73. The minimum Gasteiger partial charge on any atom is -0.373 e. The summed E-state index contributed by atoms with van der Waals surface area (Å²) in [5, 5.41) is 0. The van der Waals surface area contributed by atoms with Crippen molar-refractivity contribution >= 4 is 0 Å². The largest absolute Gasteiger partial charge is 0.373 e. The fourth-order valence-corrected chi connectivity index (χ4v) is 5.18. The average Bonchev–Trinajstić information content (AvgIpc) is 2.92. The molecule has 2 unspecified atom stereocenters. The number of hydrogen-bond acceptors (Lipinski definition) is 1. The Labute approximate surface area is 219 Å². The molecule has 196 valence electrons. The number of ether oxygens (including phenoxy) is 1. The van der Waals surface area contributed by atoms with Crippen LogP contribution in [0.25, 0.3) is 22.3 Å². The van der Waals surface area contributed by atoms with E-state index in [2.05, 4.69) is 13.0 Å². The van der Waals surface area contributed by atoms with Crippen LogP contribution in [0.2, 0.25) is 0 Å². The lowest BCUT2D eigenvalue weighted by Gasteiger charge is -2.28. The van der Waals surface area contributed by atoms with E-state index < -0.39 is 11.6 Å². The van der Waals surface area contributed by atoms with E-state index >= 15 is 4.39 Å². The highest BCUT2D eigenvalue weighted by atomic mass is 19.2. The standard InChI is InChI=1S/C33H37F3O/c1-3-5-6-7-8-10-26-16-19-29(33(36)32(26)35)25-14-12-24(13-15-25)28-18-17-27(21-30(28)34)31-20-11-23(9-4-2)22-37-31/h4,9,12-19,21,23,31H,3,5-8,10-11,20,22H2,1-2H3/b9-4+. The first-order valence-electron chi connectivity index (χ1n) is 13.6. The van der Waals surface area contributed by atoms with Gasteiger partial charge in [0.05, 0.1) is 12.7 Å². The molecule has 0 radical (unpaired) electrons. The van der Waals surface area contributed by atoms with Crippen LogP contribution in [0.15, 0.2) is 66.7 Å². The summed E-state index contributed by atoms with van der Waals surface area (Å²) in [6, 6.07) is 15.5. The van der Waals surface area contributed by atoms with E-state index in [4.69, 9.17) is 4.74 Å². The summed E-state index contributed by atoms with van der Waals surface area (Å²) < 4.78 is 50.7. The minimum absolute atomic E-state index is 0.0929. The van der Waals surface area contributed by atoms with Gasteiger partial charge in [-0.2, -0.15) is 0 Å². The molecule has 0 aliphatic carbocycles. The SMILES string of the molecule is C/C=C/C1CCC(c2ccc(-c3ccc(-c4ccc(CCCCCCC)c(F)c4F)cc3)c(F)c2)OC1. The van der Waals surface area contributed by atoms with Gasteiger partial charge in [-0.05, 0) is 60.9 Å². The maximum absolute atomic E-state index is 15.1. The highest BCUT2D eigenvalue weighted by Gasteiger charge is 2.22. The lowest BCUT2D eigenvalue weighted by Crippen LogP contribution is -2.19. The predicted molar refractivity (Wildman–Crippen MR) is 146 cm³/mol. The van der Waals surface area contributed by atoms with Crippen LogP contribution in [0.3, 0.4) is 0 Å². The zero-order chi connectivity index (χ0) is 26.2. The van der Waals surface area contributed by atoms with Gasteiger partial charge in [0.15, 0.2) is 11.6 Å². The number of allylic oxidation sites excluding steroid dienone is 1. The Morgan fingerprint density at radius 2 is 1.51 bits per heavy atom. The molecule has 3 aromatic carbocycles. The van der Waals surface area contributed by atoms with E-state index in [9.17, 15) is 8.78 Å². The summed E-state index contributed by atoms with van der Waals surface area (Å²) in [6.07, 6.45) is 11.9. The van der Waals surface area contributed by atoms with Gasteiger partial charge < -0.3 is 4.74 Å². The summed E-state index contributed by atoms with van der Waals surface area (Å²) in [7, 11) is 0. The van der Waals surface area contributed by atoms with Crippen LogP contribution in [0.5, 0.6) is 0 Å². The normalized spacial score (nSPS) is 18.0. The predicted octanol–water partition coefficient (Wildman–Crippen LogP) is 9.99. The second-order valence-electron chi connectivity index (χ2n) is 10.1. The van der Waals surface area contributed by atoms with Crippen LogP contribution in [0.1, 0.15) is 76.0 Å². The van der Waals surface area contributed by atoms with Crippen molar-refractivity contribution in [3.8, 4) is 22.3 Å². The molecule has 0 spiro atoms. The van der Waals surface area contributed by atoms with Crippen molar-refractivity contribution in [3.63, 3.8) is 0 Å². The van der Waals surface area contributed by atoms with Crippen molar-refractivity contribution in [2.75, 3.05) is 6.61 Å². The van der Waals surface area contributed by atoms with Gasteiger partial charge >= 0.3 is 0 Å². The highest BCUT2D eigenvalue weighted by Crippen LogP contribution is 2.34. The van der Waals surface area contributed by atoms with Crippen LogP contribution >= 0.6 is 0 Å². The molecule has 0 N–H and O–H groups in total. The lowest BCUT2D eigenvalue weighted by atomic mass is 9.93. The molecule has 4 rings (SSSR count). The first-order chi connectivity index (χ1) is 18.0. The molecule has 1 fully saturated rings. The molecule has 1 nitrogen and oxygen atoms in total. The molecule has 1 saturated heterocycles. The average molecular weight is 507 g/mol. The number of aryl methyl sites for hydroxylation is 1. The highest BCUT2D eigenvalue weighted by molar-refractivity contribution is 5.71. The van der Waals surface area contributed by atoms with Gasteiger partial charge in [0.1, 0.15) is 5.82 Å². The Kier molecular flexibility index (Phi) is 9.62. The molecule has 1 aliphatic heterocycles. The van der Waals surface area contributed by atoms with Crippen molar-refractivity contribution in [3.05, 3.63) is 95.3 Å². The van der Waals surface area contributed by atoms with E-state index in [-0.39, 0.29) is 17.5 Å². The molecule has 0 amide bonds. The number of hydrogen-bond donors (Lipinski definition) is 0.